The highest BCUT2D eigenvalue weighted by molar-refractivity contribution is 6.29. The zero-order valence-corrected chi connectivity index (χ0v) is 7.93. The summed E-state index contributed by atoms with van der Waals surface area (Å²) in [6, 6.07) is 4.83. The van der Waals surface area contributed by atoms with Crippen LogP contribution in [0.15, 0.2) is 18.2 Å². The van der Waals surface area contributed by atoms with Crippen molar-refractivity contribution < 1.29 is 9.90 Å². The van der Waals surface area contributed by atoms with Crippen LogP contribution in [0.2, 0.25) is 0 Å². The highest BCUT2D eigenvalue weighted by atomic mass is 35.5. The van der Waals surface area contributed by atoms with Crippen molar-refractivity contribution in [3.05, 3.63) is 23.8 Å². The monoisotopic (exact) mass is 199 g/mol. The first-order valence-corrected chi connectivity index (χ1v) is 4.32. The lowest BCUT2D eigenvalue weighted by Gasteiger charge is -2.04. The number of rotatable bonds is 2. The largest absolute Gasteiger partial charge is 0.508 e. The summed E-state index contributed by atoms with van der Waals surface area (Å²) in [5.41, 5.74) is 1.35. The topological polar surface area (TPSA) is 49.3 Å². The number of halogens is 1. The maximum absolute atomic E-state index is 10.9. The SMILES string of the molecule is Cc1cc(NC(=O)CCl)ccc1O. The summed E-state index contributed by atoms with van der Waals surface area (Å²) in [7, 11) is 0. The lowest BCUT2D eigenvalue weighted by molar-refractivity contribution is -0.113. The summed E-state index contributed by atoms with van der Waals surface area (Å²) in [6.45, 7) is 1.76. The third kappa shape index (κ3) is 2.63. The van der Waals surface area contributed by atoms with Crippen LogP contribution in [0.5, 0.6) is 5.75 Å². The Bertz CT molecular complexity index is 325. The van der Waals surface area contributed by atoms with E-state index in [-0.39, 0.29) is 17.5 Å². The van der Waals surface area contributed by atoms with Crippen molar-refractivity contribution in [3.8, 4) is 5.75 Å². The second-order valence-electron chi connectivity index (χ2n) is 2.68. The molecule has 1 rings (SSSR count). The molecule has 0 radical (unpaired) electrons. The van der Waals surface area contributed by atoms with Gasteiger partial charge in [-0.3, -0.25) is 4.79 Å². The Balaban J connectivity index is 2.79. The molecule has 0 spiro atoms. The van der Waals surface area contributed by atoms with Gasteiger partial charge in [0.15, 0.2) is 0 Å². The number of hydrogen-bond acceptors (Lipinski definition) is 2. The molecule has 2 N–H and O–H groups in total. The molecule has 13 heavy (non-hydrogen) atoms. The summed E-state index contributed by atoms with van der Waals surface area (Å²) in [6.07, 6.45) is 0. The zero-order chi connectivity index (χ0) is 9.84. The molecule has 4 heteroatoms. The Morgan fingerprint density at radius 3 is 2.85 bits per heavy atom. The molecule has 0 aromatic heterocycles. The van der Waals surface area contributed by atoms with Gasteiger partial charge in [-0.15, -0.1) is 11.6 Å². The van der Waals surface area contributed by atoms with Crippen LogP contribution < -0.4 is 5.32 Å². The molecule has 70 valence electrons. The maximum atomic E-state index is 10.9. The lowest BCUT2D eigenvalue weighted by Crippen LogP contribution is -2.12. The number of phenols is 1. The second kappa shape index (κ2) is 4.14. The number of phenolic OH excluding ortho intramolecular Hbond substituents is 1. The molecule has 0 atom stereocenters. The molecule has 0 aliphatic carbocycles. The molecular formula is C9H10ClNO2. The molecule has 3 nitrogen and oxygen atoms in total. The Labute approximate surface area is 81.3 Å². The van der Waals surface area contributed by atoms with E-state index in [9.17, 15) is 9.90 Å². The van der Waals surface area contributed by atoms with Crippen LogP contribution in [-0.2, 0) is 4.79 Å². The first kappa shape index (κ1) is 9.86. The van der Waals surface area contributed by atoms with Crippen LogP contribution in [0.1, 0.15) is 5.56 Å². The lowest BCUT2D eigenvalue weighted by atomic mass is 10.2. The Hall–Kier alpha value is -1.22. The molecule has 0 fully saturated rings. The van der Waals surface area contributed by atoms with Crippen molar-refractivity contribution in [2.24, 2.45) is 0 Å². The van der Waals surface area contributed by atoms with Crippen molar-refractivity contribution in [2.75, 3.05) is 11.2 Å². The first-order valence-electron chi connectivity index (χ1n) is 3.79. The van der Waals surface area contributed by atoms with Gasteiger partial charge >= 0.3 is 0 Å². The van der Waals surface area contributed by atoms with Gasteiger partial charge < -0.3 is 10.4 Å². The molecule has 0 saturated carbocycles. The standard InChI is InChI=1S/C9H10ClNO2/c1-6-4-7(2-3-8(6)12)11-9(13)5-10/h2-4,12H,5H2,1H3,(H,11,13). The number of aromatic hydroxyl groups is 1. The number of aryl methyl sites for hydroxylation is 1. The number of nitrogens with one attached hydrogen (secondary N) is 1. The predicted octanol–water partition coefficient (Wildman–Crippen LogP) is 1.88. The van der Waals surface area contributed by atoms with Crippen LogP contribution in [-0.4, -0.2) is 16.9 Å². The molecule has 1 aromatic rings. The van der Waals surface area contributed by atoms with Gasteiger partial charge in [0.05, 0.1) is 0 Å². The van der Waals surface area contributed by atoms with Crippen LogP contribution in [0.25, 0.3) is 0 Å². The second-order valence-corrected chi connectivity index (χ2v) is 2.95. The van der Waals surface area contributed by atoms with Gasteiger partial charge in [-0.1, -0.05) is 0 Å². The molecular weight excluding hydrogens is 190 g/mol. The smallest absolute Gasteiger partial charge is 0.239 e. The van der Waals surface area contributed by atoms with E-state index in [0.717, 1.165) is 0 Å². The highest BCUT2D eigenvalue weighted by Crippen LogP contribution is 2.19. The molecule has 1 aromatic carbocycles. The van der Waals surface area contributed by atoms with E-state index >= 15 is 0 Å². The fourth-order valence-corrected chi connectivity index (χ4v) is 0.994. The van der Waals surface area contributed by atoms with Gasteiger partial charge in [-0.2, -0.15) is 0 Å². The summed E-state index contributed by atoms with van der Waals surface area (Å²) in [5, 5.41) is 11.8. The van der Waals surface area contributed by atoms with E-state index in [1.165, 1.54) is 6.07 Å². The van der Waals surface area contributed by atoms with Gasteiger partial charge in [0.2, 0.25) is 5.91 Å². The number of alkyl halides is 1. The van der Waals surface area contributed by atoms with E-state index in [0.29, 0.717) is 11.3 Å². The Morgan fingerprint density at radius 1 is 1.62 bits per heavy atom. The van der Waals surface area contributed by atoms with Crippen molar-refractivity contribution >= 4 is 23.2 Å². The molecule has 0 heterocycles. The van der Waals surface area contributed by atoms with Crippen LogP contribution in [0.4, 0.5) is 5.69 Å². The maximum Gasteiger partial charge on any atom is 0.239 e. The minimum atomic E-state index is -0.258. The molecule has 0 aliphatic heterocycles. The van der Waals surface area contributed by atoms with Crippen molar-refractivity contribution in [1.82, 2.24) is 0 Å². The van der Waals surface area contributed by atoms with Gasteiger partial charge in [0.1, 0.15) is 11.6 Å². The number of carbonyl (C=O) groups is 1. The average molecular weight is 200 g/mol. The molecule has 0 unspecified atom stereocenters. The van der Waals surface area contributed by atoms with Crippen molar-refractivity contribution in [2.45, 2.75) is 6.92 Å². The number of benzene rings is 1. The van der Waals surface area contributed by atoms with E-state index in [2.05, 4.69) is 5.32 Å². The van der Waals surface area contributed by atoms with Gasteiger partial charge in [-0.25, -0.2) is 0 Å². The highest BCUT2D eigenvalue weighted by Gasteiger charge is 2.01. The van der Waals surface area contributed by atoms with Gasteiger partial charge in [0.25, 0.3) is 0 Å². The van der Waals surface area contributed by atoms with E-state index < -0.39 is 0 Å². The molecule has 0 bridgehead atoms. The zero-order valence-electron chi connectivity index (χ0n) is 7.17. The van der Waals surface area contributed by atoms with Crippen molar-refractivity contribution in [3.63, 3.8) is 0 Å². The summed E-state index contributed by atoms with van der Waals surface area (Å²) >= 11 is 5.31. The first-order chi connectivity index (χ1) is 6.13. The predicted molar refractivity (Wildman–Crippen MR) is 52.2 cm³/mol. The minimum absolute atomic E-state index is 0.0695. The number of carbonyl (C=O) groups excluding carboxylic acids is 1. The van der Waals surface area contributed by atoms with Crippen LogP contribution in [0.3, 0.4) is 0 Å². The summed E-state index contributed by atoms with van der Waals surface area (Å²) in [5.74, 6) is -0.115. The average Bonchev–Trinajstić information content (AvgIpc) is 2.11. The molecule has 0 aliphatic rings. The third-order valence-electron chi connectivity index (χ3n) is 1.60. The normalized spacial score (nSPS) is 9.69. The van der Waals surface area contributed by atoms with Crippen LogP contribution >= 0.6 is 11.6 Å². The fourth-order valence-electron chi connectivity index (χ4n) is 0.928. The Kier molecular flexibility index (Phi) is 3.14. The van der Waals surface area contributed by atoms with E-state index in [1.54, 1.807) is 19.1 Å². The van der Waals surface area contributed by atoms with Crippen molar-refractivity contribution in [1.29, 1.82) is 0 Å². The Morgan fingerprint density at radius 2 is 2.31 bits per heavy atom. The summed E-state index contributed by atoms with van der Waals surface area (Å²) in [4.78, 5) is 10.9. The van der Waals surface area contributed by atoms with Crippen LogP contribution in [0, 0.1) is 6.92 Å². The fraction of sp³-hybridized carbons (Fsp3) is 0.222. The third-order valence-corrected chi connectivity index (χ3v) is 1.84. The number of hydrogen-bond donors (Lipinski definition) is 2. The molecule has 1 amide bonds. The number of anilines is 1. The number of amides is 1. The summed E-state index contributed by atoms with van der Waals surface area (Å²) < 4.78 is 0. The molecule has 0 saturated heterocycles. The van der Waals surface area contributed by atoms with E-state index in [4.69, 9.17) is 11.6 Å². The minimum Gasteiger partial charge on any atom is -0.508 e. The van der Waals surface area contributed by atoms with E-state index in [1.807, 2.05) is 0 Å². The van der Waals surface area contributed by atoms with Gasteiger partial charge in [-0.05, 0) is 30.7 Å². The quantitative estimate of drug-likeness (QED) is 0.565. The van der Waals surface area contributed by atoms with Gasteiger partial charge in [0, 0.05) is 5.69 Å².